The third-order valence-corrected chi connectivity index (χ3v) is 4.25. The van der Waals surface area contributed by atoms with Gasteiger partial charge in [-0.25, -0.2) is 0 Å². The van der Waals surface area contributed by atoms with Crippen LogP contribution in [0.1, 0.15) is 44.9 Å². The number of aliphatic carboxylic acids is 1. The first-order valence-corrected chi connectivity index (χ1v) is 6.37. The Bertz CT molecular complexity index is 345. The predicted molar refractivity (Wildman–Crippen MR) is 59.1 cm³/mol. The normalized spacial score (nSPS) is 38.1. The molecule has 1 fully saturated rings. The van der Waals surface area contributed by atoms with E-state index in [1.54, 1.807) is 0 Å². The first-order chi connectivity index (χ1) is 7.77. The maximum Gasteiger partial charge on any atom is 0.309 e. The summed E-state index contributed by atoms with van der Waals surface area (Å²) in [7, 11) is 0. The molecule has 2 heterocycles. The third kappa shape index (κ3) is 1.49. The topological polar surface area (TPSA) is 46.5 Å². The van der Waals surface area contributed by atoms with Crippen LogP contribution in [-0.2, 0) is 9.53 Å². The van der Waals surface area contributed by atoms with Crippen LogP contribution in [0, 0.1) is 5.92 Å². The van der Waals surface area contributed by atoms with E-state index in [1.165, 1.54) is 36.8 Å². The van der Waals surface area contributed by atoms with Gasteiger partial charge < -0.3 is 9.84 Å². The molecule has 0 aromatic carbocycles. The van der Waals surface area contributed by atoms with Gasteiger partial charge in [-0.15, -0.1) is 0 Å². The molecule has 0 aromatic rings. The fourth-order valence-corrected chi connectivity index (χ4v) is 3.46. The van der Waals surface area contributed by atoms with Crippen LogP contribution in [0.3, 0.4) is 0 Å². The summed E-state index contributed by atoms with van der Waals surface area (Å²) in [6.07, 6.45) is 8.03. The Kier molecular flexibility index (Phi) is 2.51. The van der Waals surface area contributed by atoms with Gasteiger partial charge in [0.15, 0.2) is 0 Å². The summed E-state index contributed by atoms with van der Waals surface area (Å²) < 4.78 is 5.85. The lowest BCUT2D eigenvalue weighted by molar-refractivity contribution is -0.142. The van der Waals surface area contributed by atoms with Crippen molar-refractivity contribution in [2.24, 2.45) is 5.92 Å². The van der Waals surface area contributed by atoms with Gasteiger partial charge in [-0.05, 0) is 43.3 Å². The van der Waals surface area contributed by atoms with Crippen LogP contribution in [0.5, 0.6) is 0 Å². The molecular weight excluding hydrogens is 204 g/mol. The number of rotatable bonds is 1. The molecule has 0 saturated carbocycles. The summed E-state index contributed by atoms with van der Waals surface area (Å²) in [6.45, 7) is 0. The van der Waals surface area contributed by atoms with Crippen LogP contribution >= 0.6 is 0 Å². The second-order valence-electron chi connectivity index (χ2n) is 5.19. The number of fused-ring (bicyclic) bond motifs is 4. The Morgan fingerprint density at radius 1 is 1.12 bits per heavy atom. The molecular formula is C13H18O3. The van der Waals surface area contributed by atoms with Crippen LogP contribution in [0.15, 0.2) is 11.1 Å². The van der Waals surface area contributed by atoms with Gasteiger partial charge in [-0.2, -0.15) is 0 Å². The molecule has 0 amide bonds. The van der Waals surface area contributed by atoms with E-state index in [0.717, 1.165) is 12.8 Å². The van der Waals surface area contributed by atoms with Crippen molar-refractivity contribution >= 4 is 5.97 Å². The largest absolute Gasteiger partial charge is 0.481 e. The van der Waals surface area contributed by atoms with Gasteiger partial charge in [0.25, 0.3) is 0 Å². The molecule has 3 heteroatoms. The van der Waals surface area contributed by atoms with Gasteiger partial charge >= 0.3 is 5.97 Å². The van der Waals surface area contributed by atoms with E-state index >= 15 is 0 Å². The lowest BCUT2D eigenvalue weighted by atomic mass is 9.79. The summed E-state index contributed by atoms with van der Waals surface area (Å²) in [6, 6.07) is 0. The van der Waals surface area contributed by atoms with E-state index in [-0.39, 0.29) is 18.1 Å². The summed E-state index contributed by atoms with van der Waals surface area (Å²) in [5.41, 5.74) is 2.81. The highest BCUT2D eigenvalue weighted by atomic mass is 16.5. The number of carboxylic acids is 1. The van der Waals surface area contributed by atoms with Crippen molar-refractivity contribution in [2.45, 2.75) is 57.2 Å². The van der Waals surface area contributed by atoms with Crippen molar-refractivity contribution in [3.05, 3.63) is 11.1 Å². The van der Waals surface area contributed by atoms with Crippen molar-refractivity contribution in [3.63, 3.8) is 0 Å². The summed E-state index contributed by atoms with van der Waals surface area (Å²) in [5, 5.41) is 9.15. The molecule has 1 aliphatic carbocycles. The zero-order valence-electron chi connectivity index (χ0n) is 9.45. The van der Waals surface area contributed by atoms with Crippen LogP contribution < -0.4 is 0 Å². The highest BCUT2D eigenvalue weighted by Gasteiger charge is 2.49. The highest BCUT2D eigenvalue weighted by molar-refractivity contribution is 5.73. The van der Waals surface area contributed by atoms with Gasteiger partial charge in [-0.1, -0.05) is 12.8 Å². The fraction of sp³-hybridized carbons (Fsp3) is 0.769. The molecule has 1 saturated heterocycles. The van der Waals surface area contributed by atoms with E-state index in [4.69, 9.17) is 9.84 Å². The molecule has 88 valence electrons. The van der Waals surface area contributed by atoms with E-state index in [0.29, 0.717) is 6.42 Å². The van der Waals surface area contributed by atoms with E-state index < -0.39 is 5.97 Å². The number of carboxylic acid groups (broad SMARTS) is 1. The molecule has 0 spiro atoms. The van der Waals surface area contributed by atoms with Crippen molar-refractivity contribution in [2.75, 3.05) is 0 Å². The molecule has 3 atom stereocenters. The standard InChI is InChI=1S/C13H18O3/c14-13(15)10-7-11-8-5-3-1-2-4-6-9(8)12(10)16-11/h10-12H,1-7H2,(H,14,15)/t10-,11-,12+/m1/s1. The lowest BCUT2D eigenvalue weighted by Crippen LogP contribution is -2.27. The molecule has 0 unspecified atom stereocenters. The quantitative estimate of drug-likeness (QED) is 0.693. The van der Waals surface area contributed by atoms with Crippen molar-refractivity contribution in [3.8, 4) is 0 Å². The van der Waals surface area contributed by atoms with Crippen LogP contribution in [0.25, 0.3) is 0 Å². The first-order valence-electron chi connectivity index (χ1n) is 6.37. The maximum atomic E-state index is 11.1. The molecule has 2 aliphatic heterocycles. The number of carbonyl (C=O) groups is 1. The molecule has 3 nitrogen and oxygen atoms in total. The Hall–Kier alpha value is -0.830. The number of hydrogen-bond donors (Lipinski definition) is 1. The Morgan fingerprint density at radius 3 is 2.50 bits per heavy atom. The van der Waals surface area contributed by atoms with Crippen LogP contribution in [0.4, 0.5) is 0 Å². The maximum absolute atomic E-state index is 11.1. The van der Waals surface area contributed by atoms with E-state index in [9.17, 15) is 4.79 Å². The van der Waals surface area contributed by atoms with Crippen molar-refractivity contribution in [1.82, 2.24) is 0 Å². The highest BCUT2D eigenvalue weighted by Crippen LogP contribution is 2.47. The monoisotopic (exact) mass is 222 g/mol. The first kappa shape index (κ1) is 10.3. The second-order valence-corrected chi connectivity index (χ2v) is 5.19. The predicted octanol–water partition coefficient (Wildman–Crippen LogP) is 2.51. The molecule has 16 heavy (non-hydrogen) atoms. The van der Waals surface area contributed by atoms with Crippen LogP contribution in [0.2, 0.25) is 0 Å². The fourth-order valence-electron chi connectivity index (χ4n) is 3.46. The molecule has 3 rings (SSSR count). The minimum absolute atomic E-state index is 0.0874. The smallest absolute Gasteiger partial charge is 0.309 e. The summed E-state index contributed by atoms with van der Waals surface area (Å²) >= 11 is 0. The third-order valence-electron chi connectivity index (χ3n) is 4.25. The minimum Gasteiger partial charge on any atom is -0.481 e. The Balaban J connectivity index is 1.87. The van der Waals surface area contributed by atoms with Crippen molar-refractivity contribution < 1.29 is 14.6 Å². The molecule has 0 radical (unpaired) electrons. The number of ether oxygens (including phenoxy) is 1. The summed E-state index contributed by atoms with van der Waals surface area (Å²) in [5.74, 6) is -0.954. The van der Waals surface area contributed by atoms with Crippen molar-refractivity contribution in [1.29, 1.82) is 0 Å². The van der Waals surface area contributed by atoms with Crippen LogP contribution in [-0.4, -0.2) is 23.3 Å². The van der Waals surface area contributed by atoms with Gasteiger partial charge in [0.05, 0.1) is 18.1 Å². The van der Waals surface area contributed by atoms with Gasteiger partial charge in [0.1, 0.15) is 0 Å². The average Bonchev–Trinajstić information content (AvgIpc) is 2.73. The van der Waals surface area contributed by atoms with E-state index in [1.807, 2.05) is 0 Å². The zero-order valence-corrected chi connectivity index (χ0v) is 9.45. The van der Waals surface area contributed by atoms with Gasteiger partial charge in [0.2, 0.25) is 0 Å². The molecule has 3 aliphatic rings. The molecule has 2 bridgehead atoms. The number of hydrogen-bond acceptors (Lipinski definition) is 2. The molecule has 1 N–H and O–H groups in total. The van der Waals surface area contributed by atoms with E-state index in [2.05, 4.69) is 0 Å². The average molecular weight is 222 g/mol. The lowest BCUT2D eigenvalue weighted by Gasteiger charge is -2.23. The Morgan fingerprint density at radius 2 is 1.81 bits per heavy atom. The second kappa shape index (κ2) is 3.88. The SMILES string of the molecule is O=C(O)[C@@H]1C[C@H]2O[C@H]1C1=C2CCCCCC1. The molecule has 0 aromatic heterocycles. The Labute approximate surface area is 95.5 Å². The minimum atomic E-state index is -0.680. The zero-order chi connectivity index (χ0) is 11.1. The summed E-state index contributed by atoms with van der Waals surface area (Å²) in [4.78, 5) is 11.1. The van der Waals surface area contributed by atoms with Gasteiger partial charge in [-0.3, -0.25) is 4.79 Å². The van der Waals surface area contributed by atoms with Gasteiger partial charge in [0, 0.05) is 0 Å².